The molecule has 0 amide bonds. The molecule has 0 saturated carbocycles. The standard InChI is InChI=1S/C12H12B2O4/c15-13(16)11-5-1-3-9(7-11)10-4-2-6-12(8-10)14(17)18/h1-8,15-18H. The summed E-state index contributed by atoms with van der Waals surface area (Å²) in [5.74, 6) is 0. The molecular weight excluding hydrogens is 230 g/mol. The van der Waals surface area contributed by atoms with Crippen LogP contribution < -0.4 is 10.9 Å². The molecule has 0 aliphatic carbocycles. The van der Waals surface area contributed by atoms with Crippen molar-refractivity contribution in [3.05, 3.63) is 48.5 Å². The van der Waals surface area contributed by atoms with Gasteiger partial charge in [-0.05, 0) is 22.1 Å². The minimum absolute atomic E-state index is 0.391. The summed E-state index contributed by atoms with van der Waals surface area (Å²) in [6.45, 7) is 0. The van der Waals surface area contributed by atoms with Gasteiger partial charge in [0.05, 0.1) is 0 Å². The summed E-state index contributed by atoms with van der Waals surface area (Å²) in [4.78, 5) is 0. The second-order valence-electron chi connectivity index (χ2n) is 4.00. The van der Waals surface area contributed by atoms with Crippen LogP contribution in [0.4, 0.5) is 0 Å². The lowest BCUT2D eigenvalue weighted by Crippen LogP contribution is -2.30. The van der Waals surface area contributed by atoms with E-state index in [2.05, 4.69) is 0 Å². The Morgan fingerprint density at radius 1 is 0.611 bits per heavy atom. The third-order valence-electron chi connectivity index (χ3n) is 2.70. The molecular formula is C12H12B2O4. The molecule has 2 aromatic carbocycles. The number of hydrogen-bond acceptors (Lipinski definition) is 4. The maximum Gasteiger partial charge on any atom is 0.488 e. The highest BCUT2D eigenvalue weighted by molar-refractivity contribution is 6.59. The smallest absolute Gasteiger partial charge is 0.423 e. The van der Waals surface area contributed by atoms with Gasteiger partial charge < -0.3 is 20.1 Å². The van der Waals surface area contributed by atoms with Gasteiger partial charge in [0.2, 0.25) is 0 Å². The quantitative estimate of drug-likeness (QED) is 0.505. The molecule has 4 N–H and O–H groups in total. The van der Waals surface area contributed by atoms with Crippen LogP contribution in [0, 0.1) is 0 Å². The van der Waals surface area contributed by atoms with Gasteiger partial charge in [-0.3, -0.25) is 0 Å². The minimum atomic E-state index is -1.52. The molecule has 0 saturated heterocycles. The minimum Gasteiger partial charge on any atom is -0.423 e. The van der Waals surface area contributed by atoms with E-state index in [4.69, 9.17) is 20.1 Å². The number of hydrogen-bond donors (Lipinski definition) is 4. The lowest BCUT2D eigenvalue weighted by Gasteiger charge is -2.07. The summed E-state index contributed by atoms with van der Waals surface area (Å²) in [5.41, 5.74) is 2.34. The fourth-order valence-electron chi connectivity index (χ4n) is 1.76. The van der Waals surface area contributed by atoms with E-state index in [1.165, 1.54) is 0 Å². The average Bonchev–Trinajstić information content (AvgIpc) is 2.39. The van der Waals surface area contributed by atoms with Crippen LogP contribution in [-0.2, 0) is 0 Å². The van der Waals surface area contributed by atoms with Gasteiger partial charge in [-0.2, -0.15) is 0 Å². The van der Waals surface area contributed by atoms with E-state index in [0.29, 0.717) is 10.9 Å². The molecule has 0 aromatic heterocycles. The first-order chi connectivity index (χ1) is 8.58. The molecule has 0 unspecified atom stereocenters. The zero-order chi connectivity index (χ0) is 13.1. The molecule has 2 rings (SSSR count). The molecule has 0 fully saturated rings. The van der Waals surface area contributed by atoms with Crippen molar-refractivity contribution in [1.82, 2.24) is 0 Å². The van der Waals surface area contributed by atoms with E-state index in [9.17, 15) is 0 Å². The summed E-state index contributed by atoms with van der Waals surface area (Å²) in [6.07, 6.45) is 0. The second-order valence-corrected chi connectivity index (χ2v) is 4.00. The molecule has 0 bridgehead atoms. The van der Waals surface area contributed by atoms with E-state index in [0.717, 1.165) is 11.1 Å². The van der Waals surface area contributed by atoms with Gasteiger partial charge in [0.1, 0.15) is 0 Å². The van der Waals surface area contributed by atoms with Gasteiger partial charge >= 0.3 is 14.2 Å². The van der Waals surface area contributed by atoms with Gasteiger partial charge in [-0.15, -0.1) is 0 Å². The Balaban J connectivity index is 2.42. The predicted octanol–water partition coefficient (Wildman–Crippen LogP) is -1.29. The summed E-state index contributed by atoms with van der Waals surface area (Å²) < 4.78 is 0. The molecule has 6 heteroatoms. The maximum absolute atomic E-state index is 9.11. The Hall–Kier alpha value is -1.59. The van der Waals surface area contributed by atoms with Crippen LogP contribution in [0.3, 0.4) is 0 Å². The first kappa shape index (κ1) is 12.9. The van der Waals surface area contributed by atoms with Crippen LogP contribution in [0.5, 0.6) is 0 Å². The number of benzene rings is 2. The summed E-state index contributed by atoms with van der Waals surface area (Å²) in [7, 11) is -3.03. The molecule has 2 aromatic rings. The van der Waals surface area contributed by atoms with Crippen molar-refractivity contribution in [3.63, 3.8) is 0 Å². The van der Waals surface area contributed by atoms with Gasteiger partial charge in [0.15, 0.2) is 0 Å². The molecule has 4 nitrogen and oxygen atoms in total. The Labute approximate surface area is 105 Å². The fourth-order valence-corrected chi connectivity index (χ4v) is 1.76. The van der Waals surface area contributed by atoms with Crippen molar-refractivity contribution in [2.45, 2.75) is 0 Å². The third-order valence-corrected chi connectivity index (χ3v) is 2.70. The van der Waals surface area contributed by atoms with Gasteiger partial charge in [-0.1, -0.05) is 48.5 Å². The Kier molecular flexibility index (Phi) is 3.84. The van der Waals surface area contributed by atoms with E-state index >= 15 is 0 Å². The van der Waals surface area contributed by atoms with Crippen molar-refractivity contribution < 1.29 is 20.1 Å². The monoisotopic (exact) mass is 242 g/mol. The van der Waals surface area contributed by atoms with Crippen LogP contribution in [0.25, 0.3) is 11.1 Å². The largest absolute Gasteiger partial charge is 0.488 e. The lowest BCUT2D eigenvalue weighted by molar-refractivity contribution is 0.424. The molecule has 0 radical (unpaired) electrons. The van der Waals surface area contributed by atoms with Crippen molar-refractivity contribution in [3.8, 4) is 11.1 Å². The Morgan fingerprint density at radius 2 is 1.00 bits per heavy atom. The lowest BCUT2D eigenvalue weighted by atomic mass is 9.77. The zero-order valence-electron chi connectivity index (χ0n) is 9.56. The predicted molar refractivity (Wildman–Crippen MR) is 71.5 cm³/mol. The van der Waals surface area contributed by atoms with E-state index in [1.54, 1.807) is 36.4 Å². The van der Waals surface area contributed by atoms with E-state index < -0.39 is 14.2 Å². The average molecular weight is 242 g/mol. The molecule has 0 aliphatic heterocycles. The highest BCUT2D eigenvalue weighted by Gasteiger charge is 2.13. The maximum atomic E-state index is 9.11. The normalized spacial score (nSPS) is 10.2. The molecule has 18 heavy (non-hydrogen) atoms. The van der Waals surface area contributed by atoms with Crippen molar-refractivity contribution in [1.29, 1.82) is 0 Å². The molecule has 0 atom stereocenters. The highest BCUT2D eigenvalue weighted by atomic mass is 16.4. The topological polar surface area (TPSA) is 80.9 Å². The van der Waals surface area contributed by atoms with Crippen LogP contribution in [-0.4, -0.2) is 34.3 Å². The summed E-state index contributed by atoms with van der Waals surface area (Å²) in [5, 5.41) is 36.5. The van der Waals surface area contributed by atoms with Gasteiger partial charge in [0.25, 0.3) is 0 Å². The van der Waals surface area contributed by atoms with Crippen molar-refractivity contribution >= 4 is 25.2 Å². The van der Waals surface area contributed by atoms with Gasteiger partial charge in [-0.25, -0.2) is 0 Å². The molecule has 0 heterocycles. The second kappa shape index (κ2) is 5.37. The molecule has 90 valence electrons. The van der Waals surface area contributed by atoms with Crippen LogP contribution in [0.2, 0.25) is 0 Å². The van der Waals surface area contributed by atoms with Gasteiger partial charge in [0, 0.05) is 0 Å². The van der Waals surface area contributed by atoms with Crippen LogP contribution >= 0.6 is 0 Å². The fraction of sp³-hybridized carbons (Fsp3) is 0. The zero-order valence-corrected chi connectivity index (χ0v) is 9.56. The number of rotatable bonds is 3. The van der Waals surface area contributed by atoms with Crippen molar-refractivity contribution in [2.75, 3.05) is 0 Å². The van der Waals surface area contributed by atoms with Crippen molar-refractivity contribution in [2.24, 2.45) is 0 Å². The summed E-state index contributed by atoms with van der Waals surface area (Å²) in [6, 6.07) is 13.6. The van der Waals surface area contributed by atoms with E-state index in [-0.39, 0.29) is 0 Å². The van der Waals surface area contributed by atoms with Crippen LogP contribution in [0.15, 0.2) is 48.5 Å². The first-order valence-corrected chi connectivity index (χ1v) is 5.50. The van der Waals surface area contributed by atoms with Crippen LogP contribution in [0.1, 0.15) is 0 Å². The highest BCUT2D eigenvalue weighted by Crippen LogP contribution is 2.16. The Morgan fingerprint density at radius 3 is 1.33 bits per heavy atom. The third kappa shape index (κ3) is 2.80. The first-order valence-electron chi connectivity index (χ1n) is 5.50. The molecule has 0 spiro atoms. The SMILES string of the molecule is OB(O)c1cccc(-c2cccc(B(O)O)c2)c1. The molecule has 0 aliphatic rings. The summed E-state index contributed by atoms with van der Waals surface area (Å²) >= 11 is 0. The Bertz CT molecular complexity index is 494. The van der Waals surface area contributed by atoms with E-state index in [1.807, 2.05) is 12.1 Å².